The number of amides is 3. The average molecular weight is 542 g/mol. The lowest BCUT2D eigenvalue weighted by Crippen LogP contribution is -2.52. The second-order valence-corrected chi connectivity index (χ2v) is 12.1. The average Bonchev–Trinajstić information content (AvgIpc) is 3.54. The van der Waals surface area contributed by atoms with E-state index < -0.39 is 28.7 Å². The number of thioether (sulfide) groups is 1. The van der Waals surface area contributed by atoms with E-state index in [0.717, 1.165) is 24.0 Å². The minimum atomic E-state index is -0.864. The van der Waals surface area contributed by atoms with Gasteiger partial charge in [-0.1, -0.05) is 61.0 Å². The molecule has 0 saturated carbocycles. The number of aliphatic hydroxyl groups is 1. The summed E-state index contributed by atoms with van der Waals surface area (Å²) in [5, 5.41) is 16.9. The van der Waals surface area contributed by atoms with Crippen molar-refractivity contribution in [2.75, 3.05) is 18.5 Å². The number of anilines is 1. The number of hydrogen-bond donors (Lipinski definition) is 3. The molecule has 3 aliphatic rings. The van der Waals surface area contributed by atoms with Gasteiger partial charge in [0.2, 0.25) is 17.7 Å². The highest BCUT2D eigenvalue weighted by atomic mass is 35.5. The molecule has 37 heavy (non-hydrogen) atoms. The van der Waals surface area contributed by atoms with E-state index in [0.29, 0.717) is 23.7 Å². The summed E-state index contributed by atoms with van der Waals surface area (Å²) >= 11 is 8.05. The van der Waals surface area contributed by atoms with Gasteiger partial charge < -0.3 is 20.6 Å². The summed E-state index contributed by atoms with van der Waals surface area (Å²) in [5.41, 5.74) is 2.07. The molecule has 2 aromatic rings. The number of halogens is 1. The van der Waals surface area contributed by atoms with Crippen molar-refractivity contribution in [3.05, 3.63) is 64.7 Å². The number of likely N-dealkylation sites (tertiary alicyclic amines) is 1. The van der Waals surface area contributed by atoms with E-state index in [9.17, 15) is 19.5 Å². The van der Waals surface area contributed by atoms with Gasteiger partial charge in [-0.25, -0.2) is 0 Å². The highest BCUT2D eigenvalue weighted by molar-refractivity contribution is 8.02. The lowest BCUT2D eigenvalue weighted by molar-refractivity contribution is -0.142. The van der Waals surface area contributed by atoms with E-state index in [2.05, 4.69) is 10.6 Å². The fourth-order valence-corrected chi connectivity index (χ4v) is 8.88. The normalized spacial score (nSPS) is 28.8. The van der Waals surface area contributed by atoms with Crippen LogP contribution in [0.1, 0.15) is 43.4 Å². The Morgan fingerprint density at radius 1 is 1.19 bits per heavy atom. The molecular formula is C28H32ClN3O4S. The van der Waals surface area contributed by atoms with Crippen LogP contribution in [0.15, 0.2) is 48.5 Å². The van der Waals surface area contributed by atoms with E-state index in [1.165, 1.54) is 0 Å². The van der Waals surface area contributed by atoms with Crippen molar-refractivity contribution >= 4 is 46.8 Å². The molecule has 5 rings (SSSR count). The van der Waals surface area contributed by atoms with E-state index in [1.807, 2.05) is 56.3 Å². The summed E-state index contributed by atoms with van der Waals surface area (Å²) < 4.78 is -0.753. The first-order chi connectivity index (χ1) is 17.8. The molecule has 3 N–H and O–H groups in total. The molecule has 9 heteroatoms. The minimum absolute atomic E-state index is 0.0189. The van der Waals surface area contributed by atoms with Crippen LogP contribution in [0.5, 0.6) is 0 Å². The number of nitrogens with zero attached hydrogens (tertiary/aromatic N) is 1. The van der Waals surface area contributed by atoms with E-state index in [1.54, 1.807) is 22.7 Å². The zero-order valence-corrected chi connectivity index (χ0v) is 22.5. The third-order valence-corrected chi connectivity index (χ3v) is 10.3. The van der Waals surface area contributed by atoms with E-state index in [-0.39, 0.29) is 29.6 Å². The van der Waals surface area contributed by atoms with Gasteiger partial charge in [-0.05, 0) is 43.4 Å². The molecule has 6 atom stereocenters. The first-order valence-electron chi connectivity index (χ1n) is 12.8. The van der Waals surface area contributed by atoms with Crippen molar-refractivity contribution in [3.63, 3.8) is 0 Å². The number of nitrogens with one attached hydrogen (secondary N) is 2. The summed E-state index contributed by atoms with van der Waals surface area (Å²) in [6, 6.07) is 13.1. The zero-order valence-electron chi connectivity index (χ0n) is 20.9. The fourth-order valence-electron chi connectivity index (χ4n) is 6.40. The van der Waals surface area contributed by atoms with Crippen LogP contribution in [0.4, 0.5) is 5.69 Å². The minimum Gasteiger partial charge on any atom is -0.394 e. The molecule has 0 aromatic heterocycles. The summed E-state index contributed by atoms with van der Waals surface area (Å²) in [4.78, 5) is 43.2. The molecule has 196 valence electrons. The van der Waals surface area contributed by atoms with Crippen LogP contribution in [0.25, 0.3) is 0 Å². The zero-order chi connectivity index (χ0) is 26.3. The molecular weight excluding hydrogens is 510 g/mol. The number of aryl methyl sites for hydroxylation is 1. The van der Waals surface area contributed by atoms with Crippen LogP contribution < -0.4 is 10.6 Å². The first-order valence-corrected chi connectivity index (χ1v) is 14.1. The highest BCUT2D eigenvalue weighted by Crippen LogP contribution is 2.67. The standard InChI is InChI=1S/C28H32ClN3O4S/c1-3-14-30-25(34)21-20-12-13-28(37-20)22(21)27(36)32(19(15-33)17-9-5-4-6-10-17)24(28)26(35)31-23-16(2)8-7-11-18(23)29/h4-11,19-22,24,33H,3,12-15H2,1-2H3,(H,30,34)(H,31,35)/t19-,20-,21+,22+,24?,28?/m1/s1. The Balaban J connectivity index is 1.59. The van der Waals surface area contributed by atoms with Crippen LogP contribution in [-0.2, 0) is 14.4 Å². The molecule has 0 radical (unpaired) electrons. The third kappa shape index (κ3) is 4.23. The number of para-hydroxylation sites is 1. The van der Waals surface area contributed by atoms with Gasteiger partial charge in [-0.15, -0.1) is 11.8 Å². The Hall–Kier alpha value is -2.55. The van der Waals surface area contributed by atoms with Crippen molar-refractivity contribution in [2.45, 2.75) is 55.2 Å². The molecule has 3 fully saturated rings. The quantitative estimate of drug-likeness (QED) is 0.470. The summed E-state index contributed by atoms with van der Waals surface area (Å²) in [5.74, 6) is -1.85. The maximum Gasteiger partial charge on any atom is 0.248 e. The Bertz CT molecular complexity index is 1190. The molecule has 7 nitrogen and oxygen atoms in total. The van der Waals surface area contributed by atoms with Crippen LogP contribution in [0, 0.1) is 18.8 Å². The number of carbonyl (C=O) groups excluding carboxylic acids is 3. The van der Waals surface area contributed by atoms with Crippen molar-refractivity contribution < 1.29 is 19.5 Å². The van der Waals surface area contributed by atoms with Crippen molar-refractivity contribution in [1.29, 1.82) is 0 Å². The molecule has 2 unspecified atom stereocenters. The molecule has 3 heterocycles. The molecule has 0 aliphatic carbocycles. The Morgan fingerprint density at radius 2 is 1.95 bits per heavy atom. The molecule has 2 bridgehead atoms. The number of benzene rings is 2. The topological polar surface area (TPSA) is 98.7 Å². The molecule has 1 spiro atoms. The van der Waals surface area contributed by atoms with Crippen LogP contribution >= 0.6 is 23.4 Å². The third-order valence-electron chi connectivity index (χ3n) is 8.00. The number of fused-ring (bicyclic) bond motifs is 1. The number of carbonyl (C=O) groups is 3. The predicted molar refractivity (Wildman–Crippen MR) is 145 cm³/mol. The van der Waals surface area contributed by atoms with Gasteiger partial charge in [0.15, 0.2) is 0 Å². The molecule has 2 aromatic carbocycles. The number of hydrogen-bond acceptors (Lipinski definition) is 5. The van der Waals surface area contributed by atoms with Crippen molar-refractivity contribution in [3.8, 4) is 0 Å². The maximum atomic E-state index is 14.3. The van der Waals surface area contributed by atoms with Gasteiger partial charge in [0, 0.05) is 11.8 Å². The Labute approximate surface area is 226 Å². The van der Waals surface area contributed by atoms with Crippen LogP contribution in [0.2, 0.25) is 5.02 Å². The predicted octanol–water partition coefficient (Wildman–Crippen LogP) is 3.94. The van der Waals surface area contributed by atoms with Gasteiger partial charge in [0.1, 0.15) is 6.04 Å². The second kappa shape index (κ2) is 10.3. The highest BCUT2D eigenvalue weighted by Gasteiger charge is 2.74. The molecule has 3 amide bonds. The molecule has 3 saturated heterocycles. The first kappa shape index (κ1) is 26.1. The smallest absolute Gasteiger partial charge is 0.248 e. The summed E-state index contributed by atoms with van der Waals surface area (Å²) in [7, 11) is 0. The summed E-state index contributed by atoms with van der Waals surface area (Å²) in [6.07, 6.45) is 2.21. The largest absolute Gasteiger partial charge is 0.394 e. The second-order valence-electron chi connectivity index (χ2n) is 10.1. The van der Waals surface area contributed by atoms with Gasteiger partial charge in [0.25, 0.3) is 0 Å². The van der Waals surface area contributed by atoms with E-state index in [4.69, 9.17) is 11.6 Å². The van der Waals surface area contributed by atoms with Gasteiger partial charge in [-0.2, -0.15) is 0 Å². The lowest BCUT2D eigenvalue weighted by atomic mass is 9.70. The van der Waals surface area contributed by atoms with Crippen molar-refractivity contribution in [1.82, 2.24) is 10.2 Å². The maximum absolute atomic E-state index is 14.3. The Kier molecular flexibility index (Phi) is 7.27. The van der Waals surface area contributed by atoms with Gasteiger partial charge in [0.05, 0.1) is 39.9 Å². The molecule has 3 aliphatic heterocycles. The number of aliphatic hydroxyl groups excluding tert-OH is 1. The van der Waals surface area contributed by atoms with Crippen LogP contribution in [-0.4, -0.2) is 56.9 Å². The van der Waals surface area contributed by atoms with Crippen molar-refractivity contribution in [2.24, 2.45) is 11.8 Å². The summed E-state index contributed by atoms with van der Waals surface area (Å²) in [6.45, 7) is 4.06. The fraction of sp³-hybridized carbons (Fsp3) is 0.464. The van der Waals surface area contributed by atoms with Crippen LogP contribution in [0.3, 0.4) is 0 Å². The van der Waals surface area contributed by atoms with E-state index >= 15 is 0 Å². The lowest BCUT2D eigenvalue weighted by Gasteiger charge is -2.37. The number of rotatable bonds is 8. The monoisotopic (exact) mass is 541 g/mol. The van der Waals surface area contributed by atoms with Gasteiger partial charge in [-0.3, -0.25) is 14.4 Å². The SMILES string of the molecule is CCCNC(=O)[C@@H]1[C@H]2C(=O)N([C@H](CO)c3ccccc3)C(C(=O)Nc3c(C)cccc3Cl)C23CC[C@H]1S3. The van der Waals surface area contributed by atoms with Gasteiger partial charge >= 0.3 is 0 Å². The Morgan fingerprint density at radius 3 is 2.62 bits per heavy atom.